The number of anilines is 1. The van der Waals surface area contributed by atoms with E-state index in [9.17, 15) is 4.79 Å². The molecule has 0 fully saturated rings. The zero-order valence-electron chi connectivity index (χ0n) is 10.8. The molecule has 94 valence electrons. The zero-order valence-corrected chi connectivity index (χ0v) is 11.6. The summed E-state index contributed by atoms with van der Waals surface area (Å²) in [5.74, 6) is -0.0187. The van der Waals surface area contributed by atoms with E-state index in [1.54, 1.807) is 11.8 Å². The number of hydrogen-bond acceptors (Lipinski definition) is 3. The van der Waals surface area contributed by atoms with Gasteiger partial charge < -0.3 is 10.6 Å². The maximum absolute atomic E-state index is 11.9. The summed E-state index contributed by atoms with van der Waals surface area (Å²) in [5, 5.41) is 5.97. The fourth-order valence-electron chi connectivity index (χ4n) is 1.26. The first-order chi connectivity index (χ1) is 7.98. The number of carbonyl (C=O) groups is 1. The van der Waals surface area contributed by atoms with E-state index >= 15 is 0 Å². The Balaban J connectivity index is 2.58. The van der Waals surface area contributed by atoms with E-state index in [1.807, 2.05) is 37.6 Å². The van der Waals surface area contributed by atoms with E-state index in [4.69, 9.17) is 0 Å². The molecule has 0 aromatic heterocycles. The highest BCUT2D eigenvalue weighted by molar-refractivity contribution is 7.99. The molecular weight excluding hydrogens is 232 g/mol. The molecule has 1 aromatic rings. The summed E-state index contributed by atoms with van der Waals surface area (Å²) in [4.78, 5) is 11.9. The van der Waals surface area contributed by atoms with Gasteiger partial charge in [0, 0.05) is 29.6 Å². The quantitative estimate of drug-likeness (QED) is 0.846. The Morgan fingerprint density at radius 3 is 2.35 bits per heavy atom. The van der Waals surface area contributed by atoms with E-state index < -0.39 is 0 Å². The first-order valence-electron chi connectivity index (χ1n) is 5.59. The molecule has 0 saturated carbocycles. The van der Waals surface area contributed by atoms with Gasteiger partial charge in [-0.05, 0) is 44.4 Å². The SMILES string of the molecule is CNc1ccc(C(=O)NCC(C)(C)SC)cc1. The van der Waals surface area contributed by atoms with Crippen LogP contribution < -0.4 is 10.6 Å². The molecule has 0 aliphatic carbocycles. The van der Waals surface area contributed by atoms with Crippen LogP contribution in [0.5, 0.6) is 0 Å². The summed E-state index contributed by atoms with van der Waals surface area (Å²) in [7, 11) is 1.86. The summed E-state index contributed by atoms with van der Waals surface area (Å²) in [6.07, 6.45) is 2.05. The number of rotatable bonds is 5. The van der Waals surface area contributed by atoms with Gasteiger partial charge in [0.1, 0.15) is 0 Å². The Morgan fingerprint density at radius 1 is 1.29 bits per heavy atom. The van der Waals surface area contributed by atoms with Crippen molar-refractivity contribution in [1.29, 1.82) is 0 Å². The largest absolute Gasteiger partial charge is 0.388 e. The van der Waals surface area contributed by atoms with Crippen molar-refractivity contribution in [1.82, 2.24) is 5.32 Å². The second kappa shape index (κ2) is 5.96. The van der Waals surface area contributed by atoms with Gasteiger partial charge in [-0.1, -0.05) is 0 Å². The van der Waals surface area contributed by atoms with E-state index in [1.165, 1.54) is 0 Å². The maximum Gasteiger partial charge on any atom is 0.251 e. The molecular formula is C13H20N2OS. The summed E-state index contributed by atoms with van der Waals surface area (Å²) < 4.78 is 0.0700. The monoisotopic (exact) mass is 252 g/mol. The number of thioether (sulfide) groups is 1. The third-order valence-electron chi connectivity index (χ3n) is 2.66. The summed E-state index contributed by atoms with van der Waals surface area (Å²) in [6.45, 7) is 4.89. The van der Waals surface area contributed by atoms with Crippen molar-refractivity contribution in [2.24, 2.45) is 0 Å². The predicted molar refractivity (Wildman–Crippen MR) is 75.9 cm³/mol. The van der Waals surface area contributed by atoms with Crippen LogP contribution in [0.15, 0.2) is 24.3 Å². The van der Waals surface area contributed by atoms with Crippen LogP contribution in [0.2, 0.25) is 0 Å². The van der Waals surface area contributed by atoms with Crippen LogP contribution in [-0.2, 0) is 0 Å². The van der Waals surface area contributed by atoms with Crippen LogP contribution in [0.3, 0.4) is 0 Å². The molecule has 4 heteroatoms. The molecule has 0 heterocycles. The lowest BCUT2D eigenvalue weighted by Crippen LogP contribution is -2.36. The fraction of sp³-hybridized carbons (Fsp3) is 0.462. The normalized spacial score (nSPS) is 11.1. The van der Waals surface area contributed by atoms with Gasteiger partial charge in [-0.15, -0.1) is 0 Å². The second-order valence-electron chi connectivity index (χ2n) is 4.47. The van der Waals surface area contributed by atoms with Crippen molar-refractivity contribution in [3.63, 3.8) is 0 Å². The molecule has 0 radical (unpaired) electrons. The molecule has 1 amide bonds. The van der Waals surface area contributed by atoms with Crippen molar-refractivity contribution in [3.8, 4) is 0 Å². The molecule has 2 N–H and O–H groups in total. The lowest BCUT2D eigenvalue weighted by atomic mass is 10.1. The third-order valence-corrected chi connectivity index (χ3v) is 3.91. The van der Waals surface area contributed by atoms with Gasteiger partial charge in [-0.25, -0.2) is 0 Å². The summed E-state index contributed by atoms with van der Waals surface area (Å²) in [5.41, 5.74) is 1.70. The number of benzene rings is 1. The van der Waals surface area contributed by atoms with E-state index in [2.05, 4.69) is 24.5 Å². The smallest absolute Gasteiger partial charge is 0.251 e. The van der Waals surface area contributed by atoms with Gasteiger partial charge in [0.15, 0.2) is 0 Å². The first kappa shape index (κ1) is 13.9. The van der Waals surface area contributed by atoms with Gasteiger partial charge in [-0.2, -0.15) is 11.8 Å². The molecule has 0 spiro atoms. The predicted octanol–water partition coefficient (Wildman–Crippen LogP) is 2.60. The molecule has 1 rings (SSSR count). The minimum Gasteiger partial charge on any atom is -0.388 e. The highest BCUT2D eigenvalue weighted by Gasteiger charge is 2.17. The minimum absolute atomic E-state index is 0.0187. The number of hydrogen-bond donors (Lipinski definition) is 2. The van der Waals surface area contributed by atoms with E-state index in [0.717, 1.165) is 5.69 Å². The molecule has 17 heavy (non-hydrogen) atoms. The lowest BCUT2D eigenvalue weighted by Gasteiger charge is -2.22. The highest BCUT2D eigenvalue weighted by atomic mass is 32.2. The molecule has 0 saturated heterocycles. The first-order valence-corrected chi connectivity index (χ1v) is 6.82. The molecule has 1 aromatic carbocycles. The van der Waals surface area contributed by atoms with Gasteiger partial charge in [0.2, 0.25) is 0 Å². The Morgan fingerprint density at radius 2 is 1.88 bits per heavy atom. The molecule has 0 aliphatic rings. The highest BCUT2D eigenvalue weighted by Crippen LogP contribution is 2.19. The van der Waals surface area contributed by atoms with Gasteiger partial charge in [0.25, 0.3) is 5.91 Å². The molecule has 0 aliphatic heterocycles. The summed E-state index contributed by atoms with van der Waals surface area (Å²) in [6, 6.07) is 7.45. The Hall–Kier alpha value is -1.16. The zero-order chi connectivity index (χ0) is 12.9. The number of nitrogens with one attached hydrogen (secondary N) is 2. The third kappa shape index (κ3) is 4.30. The van der Waals surface area contributed by atoms with Crippen LogP contribution in [-0.4, -0.2) is 30.5 Å². The minimum atomic E-state index is -0.0187. The average molecular weight is 252 g/mol. The van der Waals surface area contributed by atoms with Crippen LogP contribution in [0.4, 0.5) is 5.69 Å². The van der Waals surface area contributed by atoms with Crippen molar-refractivity contribution in [2.75, 3.05) is 25.2 Å². The summed E-state index contributed by atoms with van der Waals surface area (Å²) >= 11 is 1.75. The standard InChI is InChI=1S/C13H20N2OS/c1-13(2,17-4)9-15-12(16)10-5-7-11(14-3)8-6-10/h5-8,14H,9H2,1-4H3,(H,15,16). The van der Waals surface area contributed by atoms with Crippen molar-refractivity contribution in [2.45, 2.75) is 18.6 Å². The second-order valence-corrected chi connectivity index (χ2v) is 5.99. The molecule has 0 atom stereocenters. The van der Waals surface area contributed by atoms with E-state index in [-0.39, 0.29) is 10.7 Å². The van der Waals surface area contributed by atoms with Crippen molar-refractivity contribution >= 4 is 23.4 Å². The van der Waals surface area contributed by atoms with Crippen LogP contribution in [0.25, 0.3) is 0 Å². The van der Waals surface area contributed by atoms with Gasteiger partial charge >= 0.3 is 0 Å². The van der Waals surface area contributed by atoms with Crippen LogP contribution in [0, 0.1) is 0 Å². The van der Waals surface area contributed by atoms with E-state index in [0.29, 0.717) is 12.1 Å². The number of carbonyl (C=O) groups excluding carboxylic acids is 1. The maximum atomic E-state index is 11.9. The molecule has 0 unspecified atom stereocenters. The van der Waals surface area contributed by atoms with Gasteiger partial charge in [-0.3, -0.25) is 4.79 Å². The van der Waals surface area contributed by atoms with Crippen LogP contribution in [0.1, 0.15) is 24.2 Å². The fourth-order valence-corrected chi connectivity index (χ4v) is 1.47. The van der Waals surface area contributed by atoms with Crippen molar-refractivity contribution < 1.29 is 4.79 Å². The van der Waals surface area contributed by atoms with Gasteiger partial charge in [0.05, 0.1) is 0 Å². The van der Waals surface area contributed by atoms with Crippen LogP contribution >= 0.6 is 11.8 Å². The lowest BCUT2D eigenvalue weighted by molar-refractivity contribution is 0.0951. The van der Waals surface area contributed by atoms with Crippen molar-refractivity contribution in [3.05, 3.63) is 29.8 Å². The Labute approximate surface area is 107 Å². The Bertz CT molecular complexity index is 374. The topological polar surface area (TPSA) is 41.1 Å². The Kier molecular flexibility index (Phi) is 4.87. The molecule has 3 nitrogen and oxygen atoms in total. The molecule has 0 bridgehead atoms. The average Bonchev–Trinajstić information content (AvgIpc) is 2.36. The number of amides is 1.